The second-order valence-electron chi connectivity index (χ2n) is 4.06. The maximum atomic E-state index is 11.9. The maximum absolute atomic E-state index is 11.9. The highest BCUT2D eigenvalue weighted by Gasteiger charge is 2.38. The molecule has 15 heavy (non-hydrogen) atoms. The van der Waals surface area contributed by atoms with Crippen molar-refractivity contribution in [2.45, 2.75) is 24.1 Å². The van der Waals surface area contributed by atoms with E-state index in [1.807, 2.05) is 28.8 Å². The molecule has 2 unspecified atom stereocenters. The van der Waals surface area contributed by atoms with Gasteiger partial charge in [-0.1, -0.05) is 0 Å². The number of carbonyl (C=O) groups is 1. The minimum atomic E-state index is 0.289. The van der Waals surface area contributed by atoms with Gasteiger partial charge in [0.15, 0.2) is 0 Å². The van der Waals surface area contributed by atoms with Crippen LogP contribution in [0.25, 0.3) is 0 Å². The predicted molar refractivity (Wildman–Crippen MR) is 58.6 cm³/mol. The molecule has 4 heteroatoms. The van der Waals surface area contributed by atoms with Crippen LogP contribution in [0.4, 0.5) is 0 Å². The molecule has 2 fully saturated rings. The van der Waals surface area contributed by atoms with Crippen molar-refractivity contribution >= 4 is 17.7 Å². The lowest BCUT2D eigenvalue weighted by Gasteiger charge is -2.32. The van der Waals surface area contributed by atoms with Gasteiger partial charge in [-0.3, -0.25) is 4.79 Å². The second kappa shape index (κ2) is 3.59. The Kier molecular flexibility index (Phi) is 2.24. The first-order valence-electron chi connectivity index (χ1n) is 5.29. The van der Waals surface area contributed by atoms with Crippen LogP contribution in [0.2, 0.25) is 0 Å². The zero-order valence-electron chi connectivity index (χ0n) is 8.39. The Morgan fingerprint density at radius 2 is 2.47 bits per heavy atom. The van der Waals surface area contributed by atoms with E-state index in [4.69, 9.17) is 4.42 Å². The van der Waals surface area contributed by atoms with E-state index in [1.165, 1.54) is 0 Å². The highest BCUT2D eigenvalue weighted by atomic mass is 32.2. The van der Waals surface area contributed by atoms with Crippen molar-refractivity contribution < 1.29 is 9.21 Å². The van der Waals surface area contributed by atoms with E-state index in [0.717, 1.165) is 24.5 Å². The lowest BCUT2D eigenvalue weighted by Crippen LogP contribution is -2.40. The summed E-state index contributed by atoms with van der Waals surface area (Å²) < 4.78 is 5.39. The van der Waals surface area contributed by atoms with Crippen LogP contribution >= 0.6 is 11.8 Å². The predicted octanol–water partition coefficient (Wildman–Crippen LogP) is 2.06. The van der Waals surface area contributed by atoms with E-state index in [9.17, 15) is 4.79 Å². The number of carbonyl (C=O) groups excluding carboxylic acids is 1. The number of thioether (sulfide) groups is 1. The van der Waals surface area contributed by atoms with Crippen molar-refractivity contribution in [2.75, 3.05) is 12.3 Å². The molecule has 0 aliphatic carbocycles. The van der Waals surface area contributed by atoms with Crippen LogP contribution in [0.15, 0.2) is 22.8 Å². The van der Waals surface area contributed by atoms with Gasteiger partial charge in [0.25, 0.3) is 0 Å². The molecule has 1 aromatic rings. The molecule has 2 aliphatic rings. The molecular formula is C11H13NO2S. The average Bonchev–Trinajstić information content (AvgIpc) is 2.88. The number of hydrogen-bond donors (Lipinski definition) is 0. The van der Waals surface area contributed by atoms with Crippen LogP contribution in [0.1, 0.15) is 24.5 Å². The highest BCUT2D eigenvalue weighted by Crippen LogP contribution is 2.39. The number of nitrogens with zero attached hydrogens (tertiary/aromatic N) is 1. The second-order valence-corrected chi connectivity index (χ2v) is 5.35. The summed E-state index contributed by atoms with van der Waals surface area (Å²) in [5.41, 5.74) is 0. The van der Waals surface area contributed by atoms with Crippen LogP contribution in [-0.4, -0.2) is 28.5 Å². The Balaban J connectivity index is 1.81. The van der Waals surface area contributed by atoms with Gasteiger partial charge in [0.2, 0.25) is 5.91 Å². The maximum Gasteiger partial charge on any atom is 0.224 e. The fourth-order valence-electron chi connectivity index (χ4n) is 2.40. The standard InChI is InChI=1S/C11H13NO2S/c13-10-6-8(9-2-1-4-14-9)7-11-12(10)3-5-15-11/h1-2,4,8,11H,3,5-7H2. The van der Waals surface area contributed by atoms with Crippen LogP contribution in [0.5, 0.6) is 0 Å². The molecule has 3 heterocycles. The molecule has 0 bridgehead atoms. The van der Waals surface area contributed by atoms with Crippen LogP contribution < -0.4 is 0 Å². The lowest BCUT2D eigenvalue weighted by atomic mass is 9.94. The van der Waals surface area contributed by atoms with Crippen LogP contribution in [0, 0.1) is 0 Å². The van der Waals surface area contributed by atoms with Crippen LogP contribution in [-0.2, 0) is 4.79 Å². The molecule has 0 spiro atoms. The van der Waals surface area contributed by atoms with Crippen molar-refractivity contribution in [3.05, 3.63) is 24.2 Å². The molecule has 0 radical (unpaired) electrons. The van der Waals surface area contributed by atoms with E-state index < -0.39 is 0 Å². The zero-order valence-corrected chi connectivity index (χ0v) is 9.20. The van der Waals surface area contributed by atoms with Gasteiger partial charge in [-0.15, -0.1) is 11.8 Å². The molecule has 0 aromatic carbocycles. The summed E-state index contributed by atoms with van der Waals surface area (Å²) in [6, 6.07) is 3.88. The van der Waals surface area contributed by atoms with Gasteiger partial charge in [0, 0.05) is 24.6 Å². The van der Waals surface area contributed by atoms with Gasteiger partial charge < -0.3 is 9.32 Å². The summed E-state index contributed by atoms with van der Waals surface area (Å²) in [7, 11) is 0. The first kappa shape index (κ1) is 9.33. The van der Waals surface area contributed by atoms with Gasteiger partial charge in [0.1, 0.15) is 5.76 Å². The first-order chi connectivity index (χ1) is 7.34. The topological polar surface area (TPSA) is 33.5 Å². The Hall–Kier alpha value is -0.900. The Labute approximate surface area is 92.8 Å². The fourth-order valence-corrected chi connectivity index (χ4v) is 3.74. The lowest BCUT2D eigenvalue weighted by molar-refractivity contribution is -0.134. The molecule has 1 amide bonds. The van der Waals surface area contributed by atoms with Gasteiger partial charge in [-0.25, -0.2) is 0 Å². The molecule has 2 saturated heterocycles. The van der Waals surface area contributed by atoms with E-state index in [1.54, 1.807) is 6.26 Å². The van der Waals surface area contributed by atoms with Gasteiger partial charge in [-0.05, 0) is 18.6 Å². The van der Waals surface area contributed by atoms with Crippen molar-refractivity contribution in [3.8, 4) is 0 Å². The van der Waals surface area contributed by atoms with Gasteiger partial charge in [0.05, 0.1) is 11.6 Å². The zero-order chi connectivity index (χ0) is 10.3. The van der Waals surface area contributed by atoms with E-state index in [-0.39, 0.29) is 5.91 Å². The third kappa shape index (κ3) is 1.57. The normalized spacial score (nSPS) is 30.7. The van der Waals surface area contributed by atoms with Gasteiger partial charge in [-0.2, -0.15) is 0 Å². The summed E-state index contributed by atoms with van der Waals surface area (Å²) in [6.45, 7) is 0.930. The minimum Gasteiger partial charge on any atom is -0.469 e. The summed E-state index contributed by atoms with van der Waals surface area (Å²) in [4.78, 5) is 13.9. The molecule has 3 rings (SSSR count). The van der Waals surface area contributed by atoms with Crippen molar-refractivity contribution in [3.63, 3.8) is 0 Å². The highest BCUT2D eigenvalue weighted by molar-refractivity contribution is 8.00. The largest absolute Gasteiger partial charge is 0.469 e. The average molecular weight is 223 g/mol. The van der Waals surface area contributed by atoms with Crippen molar-refractivity contribution in [1.29, 1.82) is 0 Å². The Morgan fingerprint density at radius 3 is 3.27 bits per heavy atom. The quantitative estimate of drug-likeness (QED) is 0.730. The Bertz CT molecular complexity index is 363. The SMILES string of the molecule is O=C1CC(c2ccco2)CC2SCCN12. The number of piperidine rings is 1. The summed E-state index contributed by atoms with van der Waals surface area (Å²) in [5.74, 6) is 2.63. The molecule has 0 saturated carbocycles. The van der Waals surface area contributed by atoms with Gasteiger partial charge >= 0.3 is 0 Å². The molecule has 1 aromatic heterocycles. The molecular weight excluding hydrogens is 210 g/mol. The van der Waals surface area contributed by atoms with E-state index in [2.05, 4.69) is 0 Å². The monoisotopic (exact) mass is 223 g/mol. The minimum absolute atomic E-state index is 0.289. The van der Waals surface area contributed by atoms with E-state index in [0.29, 0.717) is 17.7 Å². The van der Waals surface area contributed by atoms with E-state index >= 15 is 0 Å². The summed E-state index contributed by atoms with van der Waals surface area (Å²) in [5, 5.41) is 0.390. The third-order valence-corrected chi connectivity index (χ3v) is 4.41. The third-order valence-electron chi connectivity index (χ3n) is 3.16. The smallest absolute Gasteiger partial charge is 0.224 e. The molecule has 3 nitrogen and oxygen atoms in total. The van der Waals surface area contributed by atoms with Crippen molar-refractivity contribution in [2.24, 2.45) is 0 Å². The molecule has 0 N–H and O–H groups in total. The number of amides is 1. The first-order valence-corrected chi connectivity index (χ1v) is 6.34. The summed E-state index contributed by atoms with van der Waals surface area (Å²) in [6.07, 6.45) is 3.35. The van der Waals surface area contributed by atoms with Crippen molar-refractivity contribution in [1.82, 2.24) is 4.90 Å². The number of rotatable bonds is 1. The Morgan fingerprint density at radius 1 is 1.53 bits per heavy atom. The molecule has 80 valence electrons. The fraction of sp³-hybridized carbons (Fsp3) is 0.545. The number of furan rings is 1. The molecule has 2 aliphatic heterocycles. The molecule has 2 atom stereocenters. The van der Waals surface area contributed by atoms with Crippen LogP contribution in [0.3, 0.4) is 0 Å². The summed E-state index contributed by atoms with van der Waals surface area (Å²) >= 11 is 1.89. The number of hydrogen-bond acceptors (Lipinski definition) is 3. The number of fused-ring (bicyclic) bond motifs is 1.